The van der Waals surface area contributed by atoms with Crippen LogP contribution in [0.4, 0.5) is 0 Å². The fourth-order valence-electron chi connectivity index (χ4n) is 3.09. The number of hydrogen-bond acceptors (Lipinski definition) is 4. The van der Waals surface area contributed by atoms with Crippen molar-refractivity contribution in [2.45, 2.75) is 37.9 Å². The molecule has 1 aliphatic rings. The first-order valence-electron chi connectivity index (χ1n) is 8.74. The summed E-state index contributed by atoms with van der Waals surface area (Å²) < 4.78 is 0. The molecule has 3 atom stereocenters. The topological polar surface area (TPSA) is 96.2 Å². The standard InChI is InChI=1S/C20H24N4O2/c1-13-7-9-15(10-8-13)16-12-18(24-23-16)20(26)22-17(19(21)25)11-14-5-3-2-4-6-14/h2-10,16-18,23-24H,11-12H2,1H3,(H2,21,25)(H,22,26)/t16?,17-,18?/m0/s1. The molecule has 2 unspecified atom stereocenters. The van der Waals surface area contributed by atoms with E-state index < -0.39 is 18.0 Å². The average molecular weight is 352 g/mol. The number of carbonyl (C=O) groups excluding carboxylic acids is 2. The van der Waals surface area contributed by atoms with Crippen LogP contribution in [0.2, 0.25) is 0 Å². The van der Waals surface area contributed by atoms with Crippen molar-refractivity contribution in [1.29, 1.82) is 0 Å². The van der Waals surface area contributed by atoms with E-state index in [9.17, 15) is 9.59 Å². The van der Waals surface area contributed by atoms with Gasteiger partial charge < -0.3 is 11.1 Å². The quantitative estimate of drug-likeness (QED) is 0.626. The van der Waals surface area contributed by atoms with Crippen LogP contribution in [0.15, 0.2) is 54.6 Å². The average Bonchev–Trinajstić information content (AvgIpc) is 3.13. The third-order valence-electron chi connectivity index (χ3n) is 4.64. The molecule has 0 saturated carbocycles. The van der Waals surface area contributed by atoms with Gasteiger partial charge in [0.1, 0.15) is 12.1 Å². The fraction of sp³-hybridized carbons (Fsp3) is 0.300. The predicted molar refractivity (Wildman–Crippen MR) is 99.9 cm³/mol. The van der Waals surface area contributed by atoms with Gasteiger partial charge in [0.2, 0.25) is 11.8 Å². The van der Waals surface area contributed by atoms with Gasteiger partial charge in [-0.05, 0) is 24.5 Å². The molecule has 3 rings (SSSR count). The van der Waals surface area contributed by atoms with Crippen LogP contribution in [0, 0.1) is 6.92 Å². The van der Waals surface area contributed by atoms with Crippen LogP contribution in [0.5, 0.6) is 0 Å². The lowest BCUT2D eigenvalue weighted by Crippen LogP contribution is -2.52. The Morgan fingerprint density at radius 2 is 1.81 bits per heavy atom. The molecule has 0 spiro atoms. The Kier molecular flexibility index (Phi) is 5.65. The molecule has 0 aromatic heterocycles. The Labute approximate surface area is 153 Å². The van der Waals surface area contributed by atoms with E-state index in [2.05, 4.69) is 28.3 Å². The largest absolute Gasteiger partial charge is 0.368 e. The van der Waals surface area contributed by atoms with Crippen LogP contribution in [0.3, 0.4) is 0 Å². The summed E-state index contributed by atoms with van der Waals surface area (Å²) in [5, 5.41) is 2.77. The zero-order valence-electron chi connectivity index (χ0n) is 14.7. The molecule has 1 fully saturated rings. The number of hydrazine groups is 1. The van der Waals surface area contributed by atoms with E-state index in [0.29, 0.717) is 12.8 Å². The van der Waals surface area contributed by atoms with E-state index in [1.165, 1.54) is 5.56 Å². The molecule has 6 nitrogen and oxygen atoms in total. The summed E-state index contributed by atoms with van der Waals surface area (Å²) in [4.78, 5) is 24.3. The lowest BCUT2D eigenvalue weighted by molar-refractivity contribution is -0.128. The smallest absolute Gasteiger partial charge is 0.240 e. The number of primary amides is 1. The highest BCUT2D eigenvalue weighted by atomic mass is 16.2. The monoisotopic (exact) mass is 352 g/mol. The minimum Gasteiger partial charge on any atom is -0.368 e. The molecule has 6 heteroatoms. The van der Waals surface area contributed by atoms with Gasteiger partial charge in [0.05, 0.1) is 0 Å². The molecule has 2 amide bonds. The minimum absolute atomic E-state index is 0.0486. The number of nitrogens with one attached hydrogen (secondary N) is 3. The molecule has 5 N–H and O–H groups in total. The van der Waals surface area contributed by atoms with Crippen molar-refractivity contribution < 1.29 is 9.59 Å². The lowest BCUT2D eigenvalue weighted by atomic mass is 10.00. The molecule has 26 heavy (non-hydrogen) atoms. The lowest BCUT2D eigenvalue weighted by Gasteiger charge is -2.18. The summed E-state index contributed by atoms with van der Waals surface area (Å²) in [6.45, 7) is 2.04. The van der Waals surface area contributed by atoms with Crippen LogP contribution in [-0.4, -0.2) is 23.9 Å². The minimum atomic E-state index is -0.731. The van der Waals surface area contributed by atoms with Crippen molar-refractivity contribution in [3.05, 3.63) is 71.3 Å². The maximum absolute atomic E-state index is 12.6. The van der Waals surface area contributed by atoms with Crippen molar-refractivity contribution in [1.82, 2.24) is 16.2 Å². The summed E-state index contributed by atoms with van der Waals surface area (Å²) in [5.41, 5.74) is 14.9. The number of aryl methyl sites for hydroxylation is 1. The normalized spacial score (nSPS) is 20.5. The summed E-state index contributed by atoms with van der Waals surface area (Å²) in [6.07, 6.45) is 0.981. The van der Waals surface area contributed by atoms with Gasteiger partial charge >= 0.3 is 0 Å². The molecular weight excluding hydrogens is 328 g/mol. The Morgan fingerprint density at radius 1 is 1.12 bits per heavy atom. The van der Waals surface area contributed by atoms with Crippen LogP contribution < -0.4 is 21.9 Å². The van der Waals surface area contributed by atoms with E-state index in [4.69, 9.17) is 5.73 Å². The predicted octanol–water partition coefficient (Wildman–Crippen LogP) is 1.12. The maximum Gasteiger partial charge on any atom is 0.240 e. The van der Waals surface area contributed by atoms with E-state index in [0.717, 1.165) is 11.1 Å². The fourth-order valence-corrected chi connectivity index (χ4v) is 3.09. The second kappa shape index (κ2) is 8.12. The van der Waals surface area contributed by atoms with Crippen molar-refractivity contribution >= 4 is 11.8 Å². The SMILES string of the molecule is Cc1ccc(C2CC(C(=O)N[C@@H](Cc3ccccc3)C(N)=O)NN2)cc1. The molecular formula is C20H24N4O2. The van der Waals surface area contributed by atoms with Crippen molar-refractivity contribution in [2.75, 3.05) is 0 Å². The Bertz CT molecular complexity index is 761. The van der Waals surface area contributed by atoms with Gasteiger partial charge in [0.15, 0.2) is 0 Å². The molecule has 0 bridgehead atoms. The van der Waals surface area contributed by atoms with Crippen LogP contribution >= 0.6 is 0 Å². The zero-order chi connectivity index (χ0) is 18.5. The van der Waals surface area contributed by atoms with Gasteiger partial charge in [0.25, 0.3) is 0 Å². The van der Waals surface area contributed by atoms with Crippen molar-refractivity contribution in [3.63, 3.8) is 0 Å². The Hall–Kier alpha value is -2.70. The molecule has 1 saturated heterocycles. The molecule has 0 aliphatic carbocycles. The second-order valence-corrected chi connectivity index (χ2v) is 6.69. The third-order valence-corrected chi connectivity index (χ3v) is 4.64. The highest BCUT2D eigenvalue weighted by molar-refractivity contribution is 5.89. The highest BCUT2D eigenvalue weighted by Gasteiger charge is 2.32. The molecule has 1 aliphatic heterocycles. The van der Waals surface area contributed by atoms with Crippen LogP contribution in [0.1, 0.15) is 29.2 Å². The zero-order valence-corrected chi connectivity index (χ0v) is 14.7. The Morgan fingerprint density at radius 3 is 2.46 bits per heavy atom. The summed E-state index contributed by atoms with van der Waals surface area (Å²) in [7, 11) is 0. The molecule has 1 heterocycles. The highest BCUT2D eigenvalue weighted by Crippen LogP contribution is 2.22. The molecule has 2 aromatic rings. The third kappa shape index (κ3) is 4.47. The van der Waals surface area contributed by atoms with E-state index in [-0.39, 0.29) is 11.9 Å². The van der Waals surface area contributed by atoms with Gasteiger partial charge in [-0.2, -0.15) is 0 Å². The first kappa shape index (κ1) is 18.1. The van der Waals surface area contributed by atoms with Crippen molar-refractivity contribution in [3.8, 4) is 0 Å². The first-order valence-corrected chi connectivity index (χ1v) is 8.74. The number of hydrogen-bond donors (Lipinski definition) is 4. The van der Waals surface area contributed by atoms with Crippen LogP contribution in [0.25, 0.3) is 0 Å². The van der Waals surface area contributed by atoms with E-state index in [1.54, 1.807) is 0 Å². The molecule has 2 aromatic carbocycles. The van der Waals surface area contributed by atoms with E-state index in [1.807, 2.05) is 49.4 Å². The molecule has 136 valence electrons. The number of carbonyl (C=O) groups is 2. The van der Waals surface area contributed by atoms with Gasteiger partial charge in [0, 0.05) is 12.5 Å². The van der Waals surface area contributed by atoms with Gasteiger partial charge in [-0.15, -0.1) is 0 Å². The first-order chi connectivity index (χ1) is 12.5. The Balaban J connectivity index is 1.59. The molecule has 0 radical (unpaired) electrons. The number of amides is 2. The van der Waals surface area contributed by atoms with Gasteiger partial charge in [-0.3, -0.25) is 9.59 Å². The van der Waals surface area contributed by atoms with E-state index >= 15 is 0 Å². The summed E-state index contributed by atoms with van der Waals surface area (Å²) in [6, 6.07) is 16.6. The second-order valence-electron chi connectivity index (χ2n) is 6.69. The summed E-state index contributed by atoms with van der Waals surface area (Å²) in [5.74, 6) is -0.768. The number of benzene rings is 2. The van der Waals surface area contributed by atoms with Gasteiger partial charge in [-0.25, -0.2) is 10.9 Å². The number of rotatable bonds is 6. The maximum atomic E-state index is 12.6. The summed E-state index contributed by atoms with van der Waals surface area (Å²) >= 11 is 0. The van der Waals surface area contributed by atoms with Gasteiger partial charge in [-0.1, -0.05) is 60.2 Å². The number of nitrogens with two attached hydrogens (primary N) is 1. The van der Waals surface area contributed by atoms with Crippen LogP contribution in [-0.2, 0) is 16.0 Å². The van der Waals surface area contributed by atoms with Crippen molar-refractivity contribution in [2.24, 2.45) is 5.73 Å².